The number of hydrogen-bond donors (Lipinski definition) is 0. The van der Waals surface area contributed by atoms with Crippen molar-refractivity contribution in [2.75, 3.05) is 4.90 Å². The summed E-state index contributed by atoms with van der Waals surface area (Å²) in [4.78, 5) is 2.41. The molecule has 7 aromatic carbocycles. The number of fused-ring (bicyclic) bond motifs is 7. The van der Waals surface area contributed by atoms with Gasteiger partial charge in [-0.1, -0.05) is 103 Å². The summed E-state index contributed by atoms with van der Waals surface area (Å²) in [5.41, 5.74) is 14.2. The SMILES string of the molecule is c1ccc2c(c1)-c1ccc(-c3ccc(N(c4ccc5oc6ccccc6c5c4)c4cccc5ccccc45)cc3)cc1C21C2CC3CC(C2)CC1C3. The maximum absolute atomic E-state index is 6.24. The summed E-state index contributed by atoms with van der Waals surface area (Å²) in [6.07, 6.45) is 7.11. The zero-order chi connectivity index (χ0) is 34.0. The zero-order valence-electron chi connectivity index (χ0n) is 29.1. The summed E-state index contributed by atoms with van der Waals surface area (Å²) in [6, 6.07) is 56.4. The van der Waals surface area contributed by atoms with Crippen molar-refractivity contribution in [3.63, 3.8) is 0 Å². The molecule has 0 saturated heterocycles. The van der Waals surface area contributed by atoms with E-state index in [4.69, 9.17) is 4.42 Å². The highest BCUT2D eigenvalue weighted by Crippen LogP contribution is 2.69. The van der Waals surface area contributed by atoms with E-state index in [-0.39, 0.29) is 5.41 Å². The summed E-state index contributed by atoms with van der Waals surface area (Å²) in [5, 5.41) is 4.73. The van der Waals surface area contributed by atoms with Crippen LogP contribution in [-0.4, -0.2) is 0 Å². The molecule has 0 radical (unpaired) electrons. The Bertz CT molecular complexity index is 2680. The van der Waals surface area contributed by atoms with Crippen molar-refractivity contribution in [1.29, 1.82) is 0 Å². The van der Waals surface area contributed by atoms with Crippen LogP contribution in [0.25, 0.3) is 55.0 Å². The molecule has 4 bridgehead atoms. The van der Waals surface area contributed by atoms with Gasteiger partial charge in [-0.2, -0.15) is 0 Å². The minimum Gasteiger partial charge on any atom is -0.456 e. The van der Waals surface area contributed by atoms with E-state index in [2.05, 4.69) is 150 Å². The van der Waals surface area contributed by atoms with Gasteiger partial charge in [0, 0.05) is 32.9 Å². The largest absolute Gasteiger partial charge is 0.456 e. The lowest BCUT2D eigenvalue weighted by Gasteiger charge is -2.61. The standard InChI is InChI=1S/C50H39NO/c1-2-10-40-34(8-1)9-7-14-47(40)51(39-21-23-49-44(30-39)43-12-4-6-15-48(43)52-49)38-19-16-33(17-20-38)35-18-22-42-41-11-3-5-13-45(41)50(46(42)29-35)36-25-31-24-32(27-36)28-37(50)26-31/h1-23,29-32,36-37H,24-28H2. The molecule has 4 saturated carbocycles. The molecule has 52 heavy (non-hydrogen) atoms. The van der Waals surface area contributed by atoms with Gasteiger partial charge in [0.05, 0.1) is 5.69 Å². The molecule has 0 atom stereocenters. The molecule has 5 aliphatic rings. The third-order valence-electron chi connectivity index (χ3n) is 13.6. The summed E-state index contributed by atoms with van der Waals surface area (Å²) in [7, 11) is 0. The van der Waals surface area contributed by atoms with E-state index in [1.54, 1.807) is 11.1 Å². The van der Waals surface area contributed by atoms with Gasteiger partial charge in [-0.05, 0) is 143 Å². The van der Waals surface area contributed by atoms with Gasteiger partial charge in [-0.3, -0.25) is 0 Å². The minimum absolute atomic E-state index is 0.177. The highest BCUT2D eigenvalue weighted by atomic mass is 16.3. The van der Waals surface area contributed by atoms with Crippen LogP contribution in [0.3, 0.4) is 0 Å². The van der Waals surface area contributed by atoms with Crippen molar-refractivity contribution in [2.24, 2.45) is 23.7 Å². The van der Waals surface area contributed by atoms with E-state index in [0.29, 0.717) is 0 Å². The second-order valence-electron chi connectivity index (χ2n) is 16.1. The topological polar surface area (TPSA) is 16.4 Å². The molecule has 1 heterocycles. The van der Waals surface area contributed by atoms with Gasteiger partial charge < -0.3 is 9.32 Å². The molecule has 0 unspecified atom stereocenters. The number of benzene rings is 7. The molecule has 250 valence electrons. The van der Waals surface area contributed by atoms with Crippen LogP contribution in [0.2, 0.25) is 0 Å². The molecule has 2 heteroatoms. The third kappa shape index (κ3) is 3.96. The first kappa shape index (κ1) is 29.0. The van der Waals surface area contributed by atoms with Crippen LogP contribution in [0.4, 0.5) is 17.1 Å². The summed E-state index contributed by atoms with van der Waals surface area (Å²) < 4.78 is 6.24. The number of para-hydroxylation sites is 1. The van der Waals surface area contributed by atoms with E-state index in [1.807, 2.05) is 6.07 Å². The molecule has 8 aromatic rings. The van der Waals surface area contributed by atoms with Crippen LogP contribution in [0.5, 0.6) is 0 Å². The highest BCUT2D eigenvalue weighted by Gasteiger charge is 2.61. The van der Waals surface area contributed by atoms with Crippen LogP contribution in [0.1, 0.15) is 43.2 Å². The highest BCUT2D eigenvalue weighted by molar-refractivity contribution is 6.07. The van der Waals surface area contributed by atoms with E-state index in [1.165, 1.54) is 65.1 Å². The van der Waals surface area contributed by atoms with E-state index >= 15 is 0 Å². The van der Waals surface area contributed by atoms with Gasteiger partial charge in [-0.15, -0.1) is 0 Å². The lowest BCUT2D eigenvalue weighted by Crippen LogP contribution is -2.55. The zero-order valence-corrected chi connectivity index (χ0v) is 29.1. The predicted octanol–water partition coefficient (Wildman–Crippen LogP) is 13.6. The van der Waals surface area contributed by atoms with Gasteiger partial charge in [0.25, 0.3) is 0 Å². The smallest absolute Gasteiger partial charge is 0.135 e. The Labute approximate surface area is 304 Å². The van der Waals surface area contributed by atoms with E-state index in [9.17, 15) is 0 Å². The normalized spacial score (nSPS) is 23.8. The van der Waals surface area contributed by atoms with Gasteiger partial charge in [0.1, 0.15) is 11.2 Å². The molecule has 0 N–H and O–H groups in total. The Morgan fingerprint density at radius 3 is 1.96 bits per heavy atom. The van der Waals surface area contributed by atoms with Gasteiger partial charge in [0.2, 0.25) is 0 Å². The maximum Gasteiger partial charge on any atom is 0.135 e. The summed E-state index contributed by atoms with van der Waals surface area (Å²) >= 11 is 0. The summed E-state index contributed by atoms with van der Waals surface area (Å²) in [5.74, 6) is 3.42. The second kappa shape index (κ2) is 10.7. The lowest BCUT2D eigenvalue weighted by molar-refractivity contribution is -0.0399. The van der Waals surface area contributed by atoms with E-state index < -0.39 is 0 Å². The van der Waals surface area contributed by atoms with Crippen LogP contribution < -0.4 is 4.90 Å². The van der Waals surface area contributed by atoms with Crippen molar-refractivity contribution < 1.29 is 4.42 Å². The Hall–Kier alpha value is -5.60. The molecular weight excluding hydrogens is 631 g/mol. The fourth-order valence-corrected chi connectivity index (χ4v) is 11.8. The Kier molecular flexibility index (Phi) is 5.98. The number of hydrogen-bond acceptors (Lipinski definition) is 2. The minimum atomic E-state index is 0.177. The van der Waals surface area contributed by atoms with Crippen molar-refractivity contribution in [1.82, 2.24) is 0 Å². The van der Waals surface area contributed by atoms with Gasteiger partial charge in [0.15, 0.2) is 0 Å². The Morgan fingerprint density at radius 2 is 1.12 bits per heavy atom. The predicted molar refractivity (Wildman–Crippen MR) is 215 cm³/mol. The average molecular weight is 670 g/mol. The Morgan fingerprint density at radius 1 is 0.462 bits per heavy atom. The van der Waals surface area contributed by atoms with Crippen LogP contribution in [0.15, 0.2) is 156 Å². The molecule has 5 aliphatic carbocycles. The van der Waals surface area contributed by atoms with Gasteiger partial charge in [-0.25, -0.2) is 0 Å². The number of furan rings is 1. The molecule has 0 aliphatic heterocycles. The maximum atomic E-state index is 6.24. The molecule has 1 aromatic heterocycles. The number of nitrogens with zero attached hydrogens (tertiary/aromatic N) is 1. The van der Waals surface area contributed by atoms with Crippen molar-refractivity contribution in [3.8, 4) is 22.3 Å². The van der Waals surface area contributed by atoms with E-state index in [0.717, 1.165) is 62.7 Å². The molecule has 0 amide bonds. The first-order valence-electron chi connectivity index (χ1n) is 19.3. The summed E-state index contributed by atoms with van der Waals surface area (Å²) in [6.45, 7) is 0. The molecular formula is C50H39NO. The monoisotopic (exact) mass is 669 g/mol. The third-order valence-corrected chi connectivity index (χ3v) is 13.6. The molecule has 1 spiro atoms. The fourth-order valence-electron chi connectivity index (χ4n) is 11.8. The van der Waals surface area contributed by atoms with Crippen LogP contribution in [0, 0.1) is 23.7 Å². The first-order chi connectivity index (χ1) is 25.7. The van der Waals surface area contributed by atoms with Crippen molar-refractivity contribution in [3.05, 3.63) is 163 Å². The van der Waals surface area contributed by atoms with Crippen molar-refractivity contribution >= 4 is 49.8 Å². The van der Waals surface area contributed by atoms with Crippen LogP contribution >= 0.6 is 0 Å². The molecule has 4 fully saturated rings. The molecule has 2 nitrogen and oxygen atoms in total. The Balaban J connectivity index is 0.991. The molecule has 13 rings (SSSR count). The average Bonchev–Trinajstić information content (AvgIpc) is 3.70. The van der Waals surface area contributed by atoms with Gasteiger partial charge >= 0.3 is 0 Å². The lowest BCUT2D eigenvalue weighted by atomic mass is 9.43. The quantitative estimate of drug-likeness (QED) is 0.185. The van der Waals surface area contributed by atoms with Crippen LogP contribution in [-0.2, 0) is 5.41 Å². The number of anilines is 3. The first-order valence-corrected chi connectivity index (χ1v) is 19.3. The second-order valence-corrected chi connectivity index (χ2v) is 16.1. The fraction of sp³-hybridized carbons (Fsp3) is 0.200. The number of rotatable bonds is 4. The van der Waals surface area contributed by atoms with Crippen molar-refractivity contribution in [2.45, 2.75) is 37.5 Å².